The van der Waals surface area contributed by atoms with Gasteiger partial charge in [0.05, 0.1) is 17.4 Å². The van der Waals surface area contributed by atoms with E-state index in [0.29, 0.717) is 23.3 Å². The number of carbonyl (C=O) groups excluding carboxylic acids is 2. The van der Waals surface area contributed by atoms with Crippen molar-refractivity contribution in [1.29, 1.82) is 0 Å². The number of hydrogen-bond donors (Lipinski definition) is 1. The summed E-state index contributed by atoms with van der Waals surface area (Å²) in [4.78, 5) is 30.9. The van der Waals surface area contributed by atoms with Crippen molar-refractivity contribution in [2.24, 2.45) is 5.92 Å². The summed E-state index contributed by atoms with van der Waals surface area (Å²) in [5.41, 5.74) is 0.713. The molecule has 1 atom stereocenters. The Bertz CT molecular complexity index is 755. The Labute approximate surface area is 196 Å². The van der Waals surface area contributed by atoms with Gasteiger partial charge in [-0.2, -0.15) is 0 Å². The molecule has 0 spiro atoms. The van der Waals surface area contributed by atoms with Crippen LogP contribution in [0.5, 0.6) is 0 Å². The molecule has 2 amide bonds. The predicted molar refractivity (Wildman–Crippen MR) is 128 cm³/mol. The summed E-state index contributed by atoms with van der Waals surface area (Å²) in [5.74, 6) is 1.12. The van der Waals surface area contributed by atoms with Crippen LogP contribution in [0.15, 0.2) is 29.2 Å². The first-order valence-corrected chi connectivity index (χ1v) is 13.3. The fourth-order valence-corrected chi connectivity index (χ4v) is 5.87. The Kier molecular flexibility index (Phi) is 8.88. The van der Waals surface area contributed by atoms with Gasteiger partial charge in [-0.15, -0.1) is 11.8 Å². The van der Waals surface area contributed by atoms with Crippen LogP contribution in [0.4, 0.5) is 0 Å². The molecule has 4 rings (SSSR count). The molecule has 2 heterocycles. The van der Waals surface area contributed by atoms with Gasteiger partial charge < -0.3 is 15.0 Å². The van der Waals surface area contributed by atoms with Crippen LogP contribution < -0.4 is 5.32 Å². The van der Waals surface area contributed by atoms with Crippen LogP contribution in [0.1, 0.15) is 55.3 Å². The zero-order chi connectivity index (χ0) is 22.2. The van der Waals surface area contributed by atoms with Gasteiger partial charge in [-0.05, 0) is 43.7 Å². The fourth-order valence-electron chi connectivity index (χ4n) is 4.99. The van der Waals surface area contributed by atoms with Crippen molar-refractivity contribution >= 4 is 23.6 Å². The summed E-state index contributed by atoms with van der Waals surface area (Å²) in [6, 6.07) is 7.70. The van der Waals surface area contributed by atoms with Crippen LogP contribution in [0.3, 0.4) is 0 Å². The van der Waals surface area contributed by atoms with Crippen LogP contribution in [0, 0.1) is 5.92 Å². The number of piperazine rings is 1. The molecule has 32 heavy (non-hydrogen) atoms. The molecule has 0 bridgehead atoms. The zero-order valence-electron chi connectivity index (χ0n) is 19.1. The third-order valence-electron chi connectivity index (χ3n) is 6.93. The van der Waals surface area contributed by atoms with Crippen molar-refractivity contribution in [3.63, 3.8) is 0 Å². The van der Waals surface area contributed by atoms with Crippen molar-refractivity contribution in [3.05, 3.63) is 29.8 Å². The zero-order valence-corrected chi connectivity index (χ0v) is 19.9. The molecule has 3 aliphatic rings. The lowest BCUT2D eigenvalue weighted by Crippen LogP contribution is -2.50. The minimum absolute atomic E-state index is 0.0607. The highest BCUT2D eigenvalue weighted by molar-refractivity contribution is 8.00. The second-order valence-corrected chi connectivity index (χ2v) is 10.3. The molecule has 1 aromatic rings. The van der Waals surface area contributed by atoms with E-state index in [1.54, 1.807) is 0 Å². The summed E-state index contributed by atoms with van der Waals surface area (Å²) < 4.78 is 5.76. The van der Waals surface area contributed by atoms with E-state index < -0.39 is 0 Å². The highest BCUT2D eigenvalue weighted by Crippen LogP contribution is 2.25. The fraction of sp³-hybridized carbons (Fsp3) is 0.680. The van der Waals surface area contributed by atoms with Gasteiger partial charge in [-0.3, -0.25) is 14.5 Å². The van der Waals surface area contributed by atoms with E-state index in [0.717, 1.165) is 63.6 Å². The number of hydrogen-bond acceptors (Lipinski definition) is 5. The molecule has 0 aromatic heterocycles. The van der Waals surface area contributed by atoms with E-state index in [9.17, 15) is 9.59 Å². The van der Waals surface area contributed by atoms with Gasteiger partial charge in [0.15, 0.2) is 0 Å². The van der Waals surface area contributed by atoms with E-state index in [1.807, 2.05) is 29.2 Å². The van der Waals surface area contributed by atoms with E-state index in [4.69, 9.17) is 4.74 Å². The molecule has 176 valence electrons. The minimum Gasteiger partial charge on any atom is -0.377 e. The van der Waals surface area contributed by atoms with Crippen LogP contribution in [-0.2, 0) is 9.53 Å². The summed E-state index contributed by atoms with van der Waals surface area (Å²) in [7, 11) is 0. The second kappa shape index (κ2) is 12.1. The van der Waals surface area contributed by atoms with Gasteiger partial charge in [-0.25, -0.2) is 0 Å². The molecular formula is C25H37N3O3S. The summed E-state index contributed by atoms with van der Waals surface area (Å²) in [5, 5.41) is 3.10. The van der Waals surface area contributed by atoms with Gasteiger partial charge >= 0.3 is 0 Å². The van der Waals surface area contributed by atoms with Gasteiger partial charge in [0, 0.05) is 50.8 Å². The normalized spacial score (nSPS) is 22.8. The van der Waals surface area contributed by atoms with Crippen molar-refractivity contribution < 1.29 is 14.3 Å². The molecular weight excluding hydrogens is 422 g/mol. The quantitative estimate of drug-likeness (QED) is 0.604. The number of amides is 2. The van der Waals surface area contributed by atoms with Crippen molar-refractivity contribution in [1.82, 2.24) is 15.1 Å². The molecule has 6 nitrogen and oxygen atoms in total. The van der Waals surface area contributed by atoms with E-state index in [1.165, 1.54) is 43.9 Å². The number of carbonyl (C=O) groups is 2. The van der Waals surface area contributed by atoms with Crippen molar-refractivity contribution in [3.8, 4) is 0 Å². The highest BCUT2D eigenvalue weighted by Gasteiger charge is 2.26. The molecule has 3 fully saturated rings. The molecule has 1 aromatic carbocycles. The smallest absolute Gasteiger partial charge is 0.255 e. The van der Waals surface area contributed by atoms with Crippen LogP contribution in [-0.4, -0.2) is 79.3 Å². The molecule has 2 aliphatic heterocycles. The number of rotatable bonds is 8. The number of benzene rings is 1. The average Bonchev–Trinajstić information content (AvgIpc) is 3.35. The van der Waals surface area contributed by atoms with Crippen LogP contribution >= 0.6 is 11.8 Å². The summed E-state index contributed by atoms with van der Waals surface area (Å²) in [6.07, 6.45) is 9.03. The third kappa shape index (κ3) is 6.72. The average molecular weight is 460 g/mol. The van der Waals surface area contributed by atoms with Gasteiger partial charge in [0.25, 0.3) is 5.91 Å². The Morgan fingerprint density at radius 3 is 2.53 bits per heavy atom. The lowest BCUT2D eigenvalue weighted by molar-refractivity contribution is -0.118. The molecule has 7 heteroatoms. The maximum Gasteiger partial charge on any atom is 0.255 e. The summed E-state index contributed by atoms with van der Waals surface area (Å²) in [6.45, 7) is 5.92. The number of nitrogens with zero attached hydrogens (tertiary/aromatic N) is 2. The predicted octanol–water partition coefficient (Wildman–Crippen LogP) is 3.41. The maximum atomic E-state index is 13.2. The van der Waals surface area contributed by atoms with Crippen LogP contribution in [0.25, 0.3) is 0 Å². The first-order chi connectivity index (χ1) is 15.7. The molecule has 1 unspecified atom stereocenters. The maximum absolute atomic E-state index is 13.2. The van der Waals surface area contributed by atoms with Gasteiger partial charge in [-0.1, -0.05) is 31.4 Å². The molecule has 1 N–H and O–H groups in total. The Morgan fingerprint density at radius 1 is 1.00 bits per heavy atom. The molecule has 2 saturated heterocycles. The van der Waals surface area contributed by atoms with Crippen LogP contribution in [0.2, 0.25) is 0 Å². The first-order valence-electron chi connectivity index (χ1n) is 12.3. The lowest BCUT2D eigenvalue weighted by Gasteiger charge is -2.36. The molecule has 1 saturated carbocycles. The standard InChI is InChI=1S/C25H37N3O3S/c29-24(26-17-20-7-2-1-3-8-20)19-32-23-11-5-4-10-22(23)25(30)28-14-12-27(13-15-28)18-21-9-6-16-31-21/h4-5,10-11,20-21H,1-3,6-9,12-19H2,(H,26,29). The second-order valence-electron chi connectivity index (χ2n) is 9.32. The van der Waals surface area contributed by atoms with E-state index in [2.05, 4.69) is 10.2 Å². The third-order valence-corrected chi connectivity index (χ3v) is 8.01. The number of thioether (sulfide) groups is 1. The SMILES string of the molecule is O=C(CSc1ccccc1C(=O)N1CCN(CC2CCCO2)CC1)NCC1CCCCC1. The van der Waals surface area contributed by atoms with Gasteiger partial charge in [0.1, 0.15) is 0 Å². The van der Waals surface area contributed by atoms with Crippen molar-refractivity contribution in [2.75, 3.05) is 51.6 Å². The van der Waals surface area contributed by atoms with Gasteiger partial charge in [0.2, 0.25) is 5.91 Å². The Balaban J connectivity index is 1.24. The Morgan fingerprint density at radius 2 is 1.78 bits per heavy atom. The first kappa shape index (κ1) is 23.6. The monoisotopic (exact) mass is 459 g/mol. The summed E-state index contributed by atoms with van der Waals surface area (Å²) >= 11 is 1.47. The number of ether oxygens (including phenoxy) is 1. The molecule has 1 aliphatic carbocycles. The lowest BCUT2D eigenvalue weighted by atomic mass is 9.89. The van der Waals surface area contributed by atoms with E-state index >= 15 is 0 Å². The van der Waals surface area contributed by atoms with E-state index in [-0.39, 0.29) is 11.8 Å². The largest absolute Gasteiger partial charge is 0.377 e. The minimum atomic E-state index is 0.0607. The highest BCUT2D eigenvalue weighted by atomic mass is 32.2. The topological polar surface area (TPSA) is 61.9 Å². The number of nitrogens with one attached hydrogen (secondary N) is 1. The molecule has 0 radical (unpaired) electrons. The Hall–Kier alpha value is -1.57. The van der Waals surface area contributed by atoms with Crippen molar-refractivity contribution in [2.45, 2.75) is 55.9 Å².